The van der Waals surface area contributed by atoms with Gasteiger partial charge in [-0.3, -0.25) is 9.78 Å². The van der Waals surface area contributed by atoms with Gasteiger partial charge in [0.25, 0.3) is 0 Å². The Morgan fingerprint density at radius 2 is 2.21 bits per heavy atom. The molecule has 0 bridgehead atoms. The summed E-state index contributed by atoms with van der Waals surface area (Å²) in [5.41, 5.74) is 12.2. The topological polar surface area (TPSA) is 98.7 Å². The average Bonchev–Trinajstić information content (AvgIpc) is 3.08. The maximum Gasteiger partial charge on any atom is 0.243 e. The van der Waals surface area contributed by atoms with Gasteiger partial charge in [0.2, 0.25) is 5.91 Å². The number of pyridine rings is 1. The number of aromatic nitrogens is 4. The van der Waals surface area contributed by atoms with Gasteiger partial charge in [-0.25, -0.2) is 9.97 Å². The lowest BCUT2D eigenvalue weighted by molar-refractivity contribution is -0.116. The highest BCUT2D eigenvalue weighted by molar-refractivity contribution is 6.05. The molecule has 0 fully saturated rings. The number of allylic oxidation sites excluding steroid dienone is 1. The molecular weight excluding hydrogens is 364 g/mol. The number of nitrogens with two attached hydrogens (primary N) is 1. The highest BCUT2D eigenvalue weighted by Gasteiger charge is 2.25. The Kier molecular flexibility index (Phi) is 4.01. The number of anilines is 1. The van der Waals surface area contributed by atoms with E-state index in [-0.39, 0.29) is 11.9 Å². The monoisotopic (exact) mass is 384 g/mol. The molecule has 29 heavy (non-hydrogen) atoms. The summed E-state index contributed by atoms with van der Waals surface area (Å²) in [6.07, 6.45) is 14.9. The van der Waals surface area contributed by atoms with E-state index in [4.69, 9.17) is 10.7 Å². The zero-order valence-corrected chi connectivity index (χ0v) is 15.8. The van der Waals surface area contributed by atoms with Crippen LogP contribution in [0.15, 0.2) is 43.4 Å². The third-order valence-electron chi connectivity index (χ3n) is 5.43. The van der Waals surface area contributed by atoms with E-state index in [0.717, 1.165) is 52.0 Å². The van der Waals surface area contributed by atoms with Crippen LogP contribution in [0.2, 0.25) is 0 Å². The molecular formula is C22H20N6O. The second kappa shape index (κ2) is 6.70. The van der Waals surface area contributed by atoms with Crippen molar-refractivity contribution in [3.8, 4) is 11.1 Å². The van der Waals surface area contributed by atoms with E-state index in [2.05, 4.69) is 44.6 Å². The Morgan fingerprint density at radius 3 is 3.07 bits per heavy atom. The lowest BCUT2D eigenvalue weighted by atomic mass is 9.97. The quantitative estimate of drug-likeness (QED) is 0.677. The predicted molar refractivity (Wildman–Crippen MR) is 114 cm³/mol. The normalized spacial score (nSPS) is 17.0. The number of nitrogens with zero attached hydrogens (tertiary/aromatic N) is 4. The SMILES string of the molecule is C=CC(=O)N[C@H]1C=Cc2c(-c3cnc4c(c3)C=CCC4)c3c(N)ncnc3n2C1. The van der Waals surface area contributed by atoms with Crippen molar-refractivity contribution in [3.05, 3.63) is 60.3 Å². The molecule has 1 aliphatic carbocycles. The number of aryl methyl sites for hydroxylation is 1. The van der Waals surface area contributed by atoms with Crippen molar-refractivity contribution in [2.45, 2.75) is 25.4 Å². The number of carbonyl (C=O) groups is 1. The molecule has 5 rings (SSSR count). The zero-order chi connectivity index (χ0) is 20.0. The van der Waals surface area contributed by atoms with E-state index >= 15 is 0 Å². The second-order valence-electron chi connectivity index (χ2n) is 7.21. The maximum absolute atomic E-state index is 11.7. The molecule has 0 aromatic carbocycles. The minimum absolute atomic E-state index is 0.155. The molecule has 0 saturated carbocycles. The van der Waals surface area contributed by atoms with Crippen LogP contribution in [0.4, 0.5) is 5.82 Å². The molecule has 0 radical (unpaired) electrons. The standard InChI is InChI=1S/C22H20N6O/c1-2-18(29)27-15-7-8-17-19(14-9-13-5-3-4-6-16(13)24-10-14)20-21(23)25-12-26-22(20)28(17)11-15/h2-3,5,7-10,12,15H,1,4,6,11H2,(H,27,29)(H2,23,25,26)/t15-/m0/s1. The van der Waals surface area contributed by atoms with Gasteiger partial charge in [-0.15, -0.1) is 0 Å². The molecule has 7 heteroatoms. The van der Waals surface area contributed by atoms with Crippen molar-refractivity contribution >= 4 is 34.9 Å². The van der Waals surface area contributed by atoms with Crippen molar-refractivity contribution in [1.82, 2.24) is 24.8 Å². The van der Waals surface area contributed by atoms with Gasteiger partial charge in [0, 0.05) is 29.6 Å². The van der Waals surface area contributed by atoms with Crippen LogP contribution >= 0.6 is 0 Å². The van der Waals surface area contributed by atoms with Crippen LogP contribution < -0.4 is 11.1 Å². The molecule has 1 amide bonds. The van der Waals surface area contributed by atoms with Crippen molar-refractivity contribution in [1.29, 1.82) is 0 Å². The molecule has 144 valence electrons. The fraction of sp³-hybridized carbons (Fsp3) is 0.182. The molecule has 0 unspecified atom stereocenters. The number of amides is 1. The highest BCUT2D eigenvalue weighted by Crippen LogP contribution is 2.39. The minimum Gasteiger partial charge on any atom is -0.383 e. The van der Waals surface area contributed by atoms with Crippen molar-refractivity contribution in [3.63, 3.8) is 0 Å². The zero-order valence-electron chi connectivity index (χ0n) is 15.8. The molecule has 3 aromatic heterocycles. The van der Waals surface area contributed by atoms with Gasteiger partial charge in [-0.1, -0.05) is 24.8 Å². The summed E-state index contributed by atoms with van der Waals surface area (Å²) in [5.74, 6) is 0.222. The molecule has 2 aliphatic rings. The second-order valence-corrected chi connectivity index (χ2v) is 7.21. The van der Waals surface area contributed by atoms with E-state index in [0.29, 0.717) is 12.4 Å². The molecule has 1 aliphatic heterocycles. The van der Waals surface area contributed by atoms with Crippen LogP contribution in [-0.4, -0.2) is 31.5 Å². The molecule has 0 spiro atoms. The van der Waals surface area contributed by atoms with Gasteiger partial charge >= 0.3 is 0 Å². The Bertz CT molecular complexity index is 1220. The fourth-order valence-electron chi connectivity index (χ4n) is 4.09. The van der Waals surface area contributed by atoms with Gasteiger partial charge in [0.05, 0.1) is 17.1 Å². The molecule has 3 aromatic rings. The Labute approximate surface area is 167 Å². The van der Waals surface area contributed by atoms with Gasteiger partial charge < -0.3 is 15.6 Å². The third kappa shape index (κ3) is 2.82. The highest BCUT2D eigenvalue weighted by atomic mass is 16.1. The first-order valence-corrected chi connectivity index (χ1v) is 9.55. The molecule has 1 atom stereocenters. The lowest BCUT2D eigenvalue weighted by Crippen LogP contribution is -2.37. The Hall–Kier alpha value is -3.74. The fourth-order valence-corrected chi connectivity index (χ4v) is 4.09. The first kappa shape index (κ1) is 17.4. The summed E-state index contributed by atoms with van der Waals surface area (Å²) in [6, 6.07) is 2.00. The van der Waals surface area contributed by atoms with Crippen molar-refractivity contribution in [2.24, 2.45) is 0 Å². The van der Waals surface area contributed by atoms with Crippen molar-refractivity contribution in [2.75, 3.05) is 5.73 Å². The summed E-state index contributed by atoms with van der Waals surface area (Å²) in [4.78, 5) is 25.1. The van der Waals surface area contributed by atoms with Crippen LogP contribution in [-0.2, 0) is 17.8 Å². The summed E-state index contributed by atoms with van der Waals surface area (Å²) < 4.78 is 2.08. The minimum atomic E-state index is -0.209. The molecule has 0 saturated heterocycles. The number of hydrogen-bond acceptors (Lipinski definition) is 5. The largest absolute Gasteiger partial charge is 0.383 e. The molecule has 7 nitrogen and oxygen atoms in total. The van der Waals surface area contributed by atoms with E-state index in [1.54, 1.807) is 0 Å². The molecule has 4 heterocycles. The molecule has 3 N–H and O–H groups in total. The number of carbonyl (C=O) groups excluding carboxylic acids is 1. The van der Waals surface area contributed by atoms with E-state index < -0.39 is 0 Å². The van der Waals surface area contributed by atoms with Crippen LogP contribution in [0.25, 0.3) is 34.3 Å². The Balaban J connectivity index is 1.69. The number of nitrogens with one attached hydrogen (secondary N) is 1. The first-order chi connectivity index (χ1) is 14.2. The maximum atomic E-state index is 11.7. The van der Waals surface area contributed by atoms with Gasteiger partial charge in [0.15, 0.2) is 0 Å². The van der Waals surface area contributed by atoms with Crippen molar-refractivity contribution < 1.29 is 4.79 Å². The van der Waals surface area contributed by atoms with E-state index in [9.17, 15) is 4.79 Å². The summed E-state index contributed by atoms with van der Waals surface area (Å²) in [6.45, 7) is 4.07. The van der Waals surface area contributed by atoms with Crippen LogP contribution in [0.3, 0.4) is 0 Å². The smallest absolute Gasteiger partial charge is 0.243 e. The summed E-state index contributed by atoms with van der Waals surface area (Å²) in [7, 11) is 0. The first-order valence-electron chi connectivity index (χ1n) is 9.55. The average molecular weight is 384 g/mol. The van der Waals surface area contributed by atoms with Crippen LogP contribution in [0, 0.1) is 0 Å². The van der Waals surface area contributed by atoms with E-state index in [1.807, 2.05) is 18.3 Å². The van der Waals surface area contributed by atoms with E-state index in [1.165, 1.54) is 12.4 Å². The van der Waals surface area contributed by atoms with Gasteiger partial charge in [0.1, 0.15) is 17.8 Å². The summed E-state index contributed by atoms with van der Waals surface area (Å²) >= 11 is 0. The number of fused-ring (bicyclic) bond motifs is 4. The number of rotatable bonds is 3. The summed E-state index contributed by atoms with van der Waals surface area (Å²) in [5, 5.41) is 3.73. The van der Waals surface area contributed by atoms with Gasteiger partial charge in [-0.2, -0.15) is 0 Å². The predicted octanol–water partition coefficient (Wildman–Crippen LogP) is 2.73. The van der Waals surface area contributed by atoms with Crippen LogP contribution in [0.1, 0.15) is 23.4 Å². The third-order valence-corrected chi connectivity index (χ3v) is 5.43. The number of hydrogen-bond donors (Lipinski definition) is 2. The number of nitrogen functional groups attached to an aromatic ring is 1. The lowest BCUT2D eigenvalue weighted by Gasteiger charge is -2.21. The van der Waals surface area contributed by atoms with Crippen LogP contribution in [0.5, 0.6) is 0 Å². The van der Waals surface area contributed by atoms with Gasteiger partial charge in [-0.05, 0) is 36.6 Å². The Morgan fingerprint density at radius 1 is 1.31 bits per heavy atom.